The van der Waals surface area contributed by atoms with Gasteiger partial charge < -0.3 is 9.47 Å². The Bertz CT molecular complexity index is 1140. The fourth-order valence-corrected chi connectivity index (χ4v) is 4.84. The van der Waals surface area contributed by atoms with E-state index in [4.69, 9.17) is 9.47 Å². The normalized spacial score (nSPS) is 18.9. The van der Waals surface area contributed by atoms with Crippen LogP contribution in [0.4, 0.5) is 4.39 Å². The first kappa shape index (κ1) is 21.7. The highest BCUT2D eigenvalue weighted by Crippen LogP contribution is 2.40. The van der Waals surface area contributed by atoms with Crippen LogP contribution in [0.15, 0.2) is 72.8 Å². The summed E-state index contributed by atoms with van der Waals surface area (Å²) >= 11 is 0. The van der Waals surface area contributed by atoms with Crippen LogP contribution in [0.1, 0.15) is 28.3 Å². The number of ether oxygens (including phenoxy) is 2. The average Bonchev–Trinajstić information content (AvgIpc) is 3.01. The molecular weight excluding hydrogens is 415 g/mol. The van der Waals surface area contributed by atoms with Crippen LogP contribution in [0.5, 0.6) is 11.5 Å². The van der Waals surface area contributed by atoms with Crippen LogP contribution in [-0.4, -0.2) is 49.6 Å². The van der Waals surface area contributed by atoms with Gasteiger partial charge in [0.25, 0.3) is 0 Å². The van der Waals surface area contributed by atoms with Crippen LogP contribution < -0.4 is 9.47 Å². The molecule has 2 aliphatic heterocycles. The molecule has 0 amide bonds. The number of piperazine rings is 1. The minimum Gasteiger partial charge on any atom is -0.496 e. The minimum absolute atomic E-state index is 0.0746. The molecule has 170 valence electrons. The first-order valence-electron chi connectivity index (χ1n) is 11.5. The van der Waals surface area contributed by atoms with Crippen LogP contribution in [0.25, 0.3) is 6.08 Å². The van der Waals surface area contributed by atoms with Crippen molar-refractivity contribution >= 4 is 6.08 Å². The Kier molecular flexibility index (Phi) is 6.42. The minimum atomic E-state index is -0.259. The summed E-state index contributed by atoms with van der Waals surface area (Å²) in [5.41, 5.74) is 4.57. The third-order valence-corrected chi connectivity index (χ3v) is 6.58. The van der Waals surface area contributed by atoms with Gasteiger partial charge in [0.05, 0.1) is 13.2 Å². The van der Waals surface area contributed by atoms with E-state index in [2.05, 4.69) is 46.2 Å². The van der Waals surface area contributed by atoms with Gasteiger partial charge in [-0.1, -0.05) is 60.7 Å². The molecular formula is C28H29FN2O2. The topological polar surface area (TPSA) is 24.9 Å². The Labute approximate surface area is 194 Å². The number of rotatable bonds is 5. The number of fused-ring (bicyclic) bond motifs is 2. The SMILES string of the molecule is COc1ccccc1/C=C/CN1CCN(C2c3ccccc3COc3cc(F)ccc32)CC1. The Morgan fingerprint density at radius 2 is 1.76 bits per heavy atom. The molecule has 0 bridgehead atoms. The van der Waals surface area contributed by atoms with Gasteiger partial charge in [0, 0.05) is 49.9 Å². The molecule has 2 heterocycles. The van der Waals surface area contributed by atoms with E-state index in [0.29, 0.717) is 12.4 Å². The molecule has 5 rings (SSSR count). The molecule has 33 heavy (non-hydrogen) atoms. The molecule has 1 saturated heterocycles. The fourth-order valence-electron chi connectivity index (χ4n) is 4.84. The third-order valence-electron chi connectivity index (χ3n) is 6.58. The van der Waals surface area contributed by atoms with Gasteiger partial charge in [-0.3, -0.25) is 9.80 Å². The maximum atomic E-state index is 14.0. The standard InChI is InChI=1S/C28H29FN2O2/c1-32-26-11-5-3-7-21(26)9-6-14-30-15-17-31(18-16-30)28-24-10-4-2-8-22(24)20-33-27-19-23(29)12-13-25(27)28/h2-13,19,28H,14-18,20H2,1H3/b9-6+. The number of para-hydroxylation sites is 1. The van der Waals surface area contributed by atoms with Crippen LogP contribution >= 0.6 is 0 Å². The van der Waals surface area contributed by atoms with E-state index >= 15 is 0 Å². The van der Waals surface area contributed by atoms with Gasteiger partial charge in [-0.25, -0.2) is 4.39 Å². The summed E-state index contributed by atoms with van der Waals surface area (Å²) in [5, 5.41) is 0. The lowest BCUT2D eigenvalue weighted by Crippen LogP contribution is -2.47. The number of methoxy groups -OCH3 is 1. The Balaban J connectivity index is 1.30. The lowest BCUT2D eigenvalue weighted by atomic mass is 9.93. The second kappa shape index (κ2) is 9.77. The highest BCUT2D eigenvalue weighted by atomic mass is 19.1. The molecule has 0 N–H and O–H groups in total. The first-order chi connectivity index (χ1) is 16.2. The zero-order valence-electron chi connectivity index (χ0n) is 18.9. The van der Waals surface area contributed by atoms with E-state index in [1.165, 1.54) is 17.2 Å². The quantitative estimate of drug-likeness (QED) is 0.544. The molecule has 0 radical (unpaired) electrons. The Morgan fingerprint density at radius 3 is 2.61 bits per heavy atom. The van der Waals surface area contributed by atoms with Gasteiger partial charge in [-0.15, -0.1) is 0 Å². The summed E-state index contributed by atoms with van der Waals surface area (Å²) in [7, 11) is 1.70. The van der Waals surface area contributed by atoms with E-state index in [-0.39, 0.29) is 11.9 Å². The molecule has 0 aliphatic carbocycles. The van der Waals surface area contributed by atoms with Gasteiger partial charge >= 0.3 is 0 Å². The predicted octanol–water partition coefficient (Wildman–Crippen LogP) is 5.15. The lowest BCUT2D eigenvalue weighted by molar-refractivity contribution is 0.117. The first-order valence-corrected chi connectivity index (χ1v) is 11.5. The summed E-state index contributed by atoms with van der Waals surface area (Å²) in [5.74, 6) is 1.28. The van der Waals surface area contributed by atoms with E-state index in [1.807, 2.05) is 30.3 Å². The predicted molar refractivity (Wildman–Crippen MR) is 129 cm³/mol. The molecule has 1 fully saturated rings. The van der Waals surface area contributed by atoms with E-state index in [9.17, 15) is 4.39 Å². The Morgan fingerprint density at radius 1 is 0.970 bits per heavy atom. The average molecular weight is 445 g/mol. The molecule has 5 heteroatoms. The molecule has 1 atom stereocenters. The Hall–Kier alpha value is -3.15. The fraction of sp³-hybridized carbons (Fsp3) is 0.286. The van der Waals surface area contributed by atoms with Crippen molar-refractivity contribution < 1.29 is 13.9 Å². The summed E-state index contributed by atoms with van der Waals surface area (Å²) < 4.78 is 25.4. The summed E-state index contributed by atoms with van der Waals surface area (Å²) in [6, 6.07) is 21.5. The number of benzene rings is 3. The van der Waals surface area contributed by atoms with Crippen LogP contribution in [0, 0.1) is 5.82 Å². The van der Waals surface area contributed by atoms with Gasteiger partial charge in [0.2, 0.25) is 0 Å². The number of nitrogens with zero attached hydrogens (tertiary/aromatic N) is 2. The van der Waals surface area contributed by atoms with E-state index in [0.717, 1.165) is 49.6 Å². The van der Waals surface area contributed by atoms with Crippen molar-refractivity contribution in [3.05, 3.63) is 101 Å². The second-order valence-electron chi connectivity index (χ2n) is 8.55. The maximum Gasteiger partial charge on any atom is 0.127 e. The molecule has 0 saturated carbocycles. The number of halogens is 1. The van der Waals surface area contributed by atoms with Crippen molar-refractivity contribution in [2.24, 2.45) is 0 Å². The van der Waals surface area contributed by atoms with E-state index < -0.39 is 0 Å². The summed E-state index contributed by atoms with van der Waals surface area (Å²) in [6.07, 6.45) is 4.34. The molecule has 0 aromatic heterocycles. The number of hydrogen-bond acceptors (Lipinski definition) is 4. The van der Waals surface area contributed by atoms with Crippen molar-refractivity contribution in [3.63, 3.8) is 0 Å². The van der Waals surface area contributed by atoms with Gasteiger partial charge in [0.15, 0.2) is 0 Å². The zero-order valence-corrected chi connectivity index (χ0v) is 18.9. The molecule has 4 nitrogen and oxygen atoms in total. The monoisotopic (exact) mass is 444 g/mol. The van der Waals surface area contributed by atoms with Crippen LogP contribution in [0.3, 0.4) is 0 Å². The molecule has 3 aromatic carbocycles. The van der Waals surface area contributed by atoms with Crippen molar-refractivity contribution in [2.75, 3.05) is 39.8 Å². The third kappa shape index (κ3) is 4.65. The molecule has 1 unspecified atom stereocenters. The van der Waals surface area contributed by atoms with Crippen LogP contribution in [-0.2, 0) is 6.61 Å². The van der Waals surface area contributed by atoms with Crippen molar-refractivity contribution in [1.29, 1.82) is 0 Å². The van der Waals surface area contributed by atoms with Crippen molar-refractivity contribution in [1.82, 2.24) is 9.80 Å². The van der Waals surface area contributed by atoms with Crippen molar-refractivity contribution in [2.45, 2.75) is 12.6 Å². The van der Waals surface area contributed by atoms with Crippen LogP contribution in [0.2, 0.25) is 0 Å². The van der Waals surface area contributed by atoms with Crippen molar-refractivity contribution in [3.8, 4) is 11.5 Å². The highest BCUT2D eigenvalue weighted by Gasteiger charge is 2.31. The largest absolute Gasteiger partial charge is 0.496 e. The summed E-state index contributed by atoms with van der Waals surface area (Å²) in [4.78, 5) is 4.97. The van der Waals surface area contributed by atoms with Gasteiger partial charge in [-0.2, -0.15) is 0 Å². The molecule has 0 spiro atoms. The van der Waals surface area contributed by atoms with E-state index in [1.54, 1.807) is 13.2 Å². The zero-order chi connectivity index (χ0) is 22.6. The smallest absolute Gasteiger partial charge is 0.127 e. The maximum absolute atomic E-state index is 14.0. The molecule has 2 aliphatic rings. The highest BCUT2D eigenvalue weighted by molar-refractivity contribution is 5.57. The second-order valence-corrected chi connectivity index (χ2v) is 8.55. The molecule has 3 aromatic rings. The van der Waals surface area contributed by atoms with Gasteiger partial charge in [-0.05, 0) is 23.3 Å². The number of hydrogen-bond donors (Lipinski definition) is 0. The summed E-state index contributed by atoms with van der Waals surface area (Å²) in [6.45, 7) is 5.21. The van der Waals surface area contributed by atoms with Gasteiger partial charge in [0.1, 0.15) is 23.9 Å². The lowest BCUT2D eigenvalue weighted by Gasteiger charge is -2.39.